The van der Waals surface area contributed by atoms with Crippen LogP contribution in [0.15, 0.2) is 61.2 Å². The maximum Gasteiger partial charge on any atom is 0.327 e. The molecule has 2 amide bonds. The van der Waals surface area contributed by atoms with Gasteiger partial charge >= 0.3 is 5.97 Å². The highest BCUT2D eigenvalue weighted by Gasteiger charge is 2.35. The van der Waals surface area contributed by atoms with Crippen molar-refractivity contribution in [3.63, 3.8) is 0 Å². The predicted molar refractivity (Wildman–Crippen MR) is 112 cm³/mol. The number of amides is 2. The van der Waals surface area contributed by atoms with E-state index in [9.17, 15) is 14.4 Å². The lowest BCUT2D eigenvalue weighted by atomic mass is 10.1. The third-order valence-corrected chi connectivity index (χ3v) is 5.57. The summed E-state index contributed by atoms with van der Waals surface area (Å²) in [5.74, 6) is -1.15. The van der Waals surface area contributed by atoms with Gasteiger partial charge in [0.05, 0.1) is 0 Å². The molecule has 2 aromatic carbocycles. The Morgan fingerprint density at radius 3 is 2.23 bits per heavy atom. The molecule has 2 aliphatic rings. The van der Waals surface area contributed by atoms with Gasteiger partial charge in [-0.05, 0) is 25.3 Å². The van der Waals surface area contributed by atoms with Crippen molar-refractivity contribution < 1.29 is 19.1 Å². The lowest BCUT2D eigenvalue weighted by Crippen LogP contribution is -2.41. The van der Waals surface area contributed by atoms with E-state index >= 15 is 0 Å². The maximum atomic E-state index is 13.1. The molecule has 1 fully saturated rings. The normalized spacial score (nSPS) is 16.9. The molecule has 0 aromatic heterocycles. The Kier molecular flexibility index (Phi) is 5.65. The van der Waals surface area contributed by atoms with E-state index < -0.39 is 12.1 Å². The number of benzene rings is 2. The fraction of sp³-hybridized carbons (Fsp3) is 0.292. The van der Waals surface area contributed by atoms with Gasteiger partial charge in [-0.25, -0.2) is 0 Å². The van der Waals surface area contributed by atoms with Gasteiger partial charge in [0.1, 0.15) is 6.54 Å². The summed E-state index contributed by atoms with van der Waals surface area (Å²) in [6, 6.07) is 16.1. The Bertz CT molecular complexity index is 945. The summed E-state index contributed by atoms with van der Waals surface area (Å²) in [6.07, 6.45) is 1.97. The van der Waals surface area contributed by atoms with Crippen LogP contribution in [0.5, 0.6) is 0 Å². The van der Waals surface area contributed by atoms with Gasteiger partial charge in [-0.3, -0.25) is 19.3 Å². The lowest BCUT2D eigenvalue weighted by Gasteiger charge is -2.30. The average molecular weight is 404 g/mol. The topological polar surface area (TPSA) is 66.9 Å². The first-order chi connectivity index (χ1) is 14.6. The summed E-state index contributed by atoms with van der Waals surface area (Å²) in [7, 11) is 0. The first-order valence-electron chi connectivity index (χ1n) is 10.2. The van der Waals surface area contributed by atoms with Crippen LogP contribution in [-0.2, 0) is 14.3 Å². The van der Waals surface area contributed by atoms with Gasteiger partial charge in [-0.2, -0.15) is 0 Å². The third kappa shape index (κ3) is 3.85. The number of piperidine rings is 1. The molecule has 1 saturated heterocycles. The molecule has 6 heteroatoms. The van der Waals surface area contributed by atoms with Crippen molar-refractivity contribution in [3.05, 3.63) is 77.9 Å². The number of fused-ring (bicyclic) bond motifs is 1. The number of nitrogens with zero attached hydrogens (tertiary/aromatic N) is 2. The molecule has 154 valence electrons. The Morgan fingerprint density at radius 1 is 0.933 bits per heavy atom. The second-order valence-corrected chi connectivity index (χ2v) is 7.55. The minimum absolute atomic E-state index is 0.218. The summed E-state index contributed by atoms with van der Waals surface area (Å²) < 4.78 is 5.64. The van der Waals surface area contributed by atoms with Crippen LogP contribution < -0.4 is 0 Å². The van der Waals surface area contributed by atoms with Crippen LogP contribution in [0.1, 0.15) is 46.9 Å². The largest absolute Gasteiger partial charge is 0.446 e. The van der Waals surface area contributed by atoms with Gasteiger partial charge in [0.25, 0.3) is 11.8 Å². The molecule has 1 unspecified atom stereocenters. The highest BCUT2D eigenvalue weighted by atomic mass is 16.5. The van der Waals surface area contributed by atoms with Crippen LogP contribution in [0, 0.1) is 0 Å². The molecule has 0 spiro atoms. The lowest BCUT2D eigenvalue weighted by molar-refractivity contribution is -0.161. The van der Waals surface area contributed by atoms with E-state index in [-0.39, 0.29) is 18.4 Å². The van der Waals surface area contributed by atoms with Crippen LogP contribution in [0.25, 0.3) is 5.70 Å². The summed E-state index contributed by atoms with van der Waals surface area (Å²) in [5.41, 5.74) is 2.31. The number of esters is 1. The Hall–Kier alpha value is -3.41. The number of ether oxygens (including phenoxy) is 1. The highest BCUT2D eigenvalue weighted by molar-refractivity contribution is 6.10. The highest BCUT2D eigenvalue weighted by Crippen LogP contribution is 2.31. The second kappa shape index (κ2) is 8.53. The predicted octanol–water partition coefficient (Wildman–Crippen LogP) is 3.41. The molecule has 0 radical (unpaired) electrons. The van der Waals surface area contributed by atoms with Crippen molar-refractivity contribution in [1.29, 1.82) is 0 Å². The Balaban J connectivity index is 1.50. The van der Waals surface area contributed by atoms with Crippen molar-refractivity contribution in [1.82, 2.24) is 9.80 Å². The standard InChI is InChI=1S/C24H24N2O4/c1-17-19-12-6-7-13-20(19)23(28)26(17)16-21(27)30-22(18-10-4-2-5-11-18)24(29)25-14-8-3-9-15-25/h2,4-7,10-13,22H,1,3,8-9,14-16H2. The summed E-state index contributed by atoms with van der Waals surface area (Å²) in [4.78, 5) is 41.6. The van der Waals surface area contributed by atoms with E-state index in [2.05, 4.69) is 6.58 Å². The van der Waals surface area contributed by atoms with Gasteiger partial charge in [0, 0.05) is 35.5 Å². The Labute approximate surface area is 175 Å². The van der Waals surface area contributed by atoms with Crippen molar-refractivity contribution >= 4 is 23.5 Å². The number of carbonyl (C=O) groups excluding carboxylic acids is 3. The zero-order valence-corrected chi connectivity index (χ0v) is 16.8. The molecule has 0 bridgehead atoms. The second-order valence-electron chi connectivity index (χ2n) is 7.55. The first kappa shape index (κ1) is 19.9. The van der Waals surface area contributed by atoms with Crippen LogP contribution in [0.2, 0.25) is 0 Å². The SMILES string of the molecule is C=C1c2ccccc2C(=O)N1CC(=O)OC(C(=O)N1CCCCC1)c1ccccc1. The molecule has 1 atom stereocenters. The maximum absolute atomic E-state index is 13.1. The van der Waals surface area contributed by atoms with E-state index in [1.165, 1.54) is 4.90 Å². The molecular weight excluding hydrogens is 380 g/mol. The van der Waals surface area contributed by atoms with Crippen LogP contribution >= 0.6 is 0 Å². The zero-order valence-electron chi connectivity index (χ0n) is 16.8. The molecule has 2 heterocycles. The molecule has 2 aromatic rings. The molecular formula is C24H24N2O4. The smallest absolute Gasteiger partial charge is 0.327 e. The molecule has 6 nitrogen and oxygen atoms in total. The van der Waals surface area contributed by atoms with Gasteiger partial charge in [-0.1, -0.05) is 55.1 Å². The molecule has 30 heavy (non-hydrogen) atoms. The van der Waals surface area contributed by atoms with E-state index in [0.717, 1.165) is 19.3 Å². The summed E-state index contributed by atoms with van der Waals surface area (Å²) >= 11 is 0. The fourth-order valence-electron chi connectivity index (χ4n) is 3.97. The zero-order chi connectivity index (χ0) is 21.1. The monoisotopic (exact) mass is 404 g/mol. The van der Waals surface area contributed by atoms with E-state index in [0.29, 0.717) is 35.5 Å². The minimum atomic E-state index is -1.02. The molecule has 0 N–H and O–H groups in total. The van der Waals surface area contributed by atoms with E-state index in [1.807, 2.05) is 24.3 Å². The molecule has 2 aliphatic heterocycles. The van der Waals surface area contributed by atoms with Crippen LogP contribution in [0.3, 0.4) is 0 Å². The van der Waals surface area contributed by atoms with Crippen molar-refractivity contribution in [2.45, 2.75) is 25.4 Å². The van der Waals surface area contributed by atoms with E-state index in [1.54, 1.807) is 35.2 Å². The van der Waals surface area contributed by atoms with Gasteiger partial charge in [0.15, 0.2) is 0 Å². The average Bonchev–Trinajstić information content (AvgIpc) is 3.03. The van der Waals surface area contributed by atoms with Crippen molar-refractivity contribution in [2.75, 3.05) is 19.6 Å². The van der Waals surface area contributed by atoms with Crippen molar-refractivity contribution in [3.8, 4) is 0 Å². The minimum Gasteiger partial charge on any atom is -0.446 e. The number of hydrogen-bond acceptors (Lipinski definition) is 4. The van der Waals surface area contributed by atoms with Gasteiger partial charge < -0.3 is 9.64 Å². The third-order valence-electron chi connectivity index (χ3n) is 5.57. The summed E-state index contributed by atoms with van der Waals surface area (Å²) in [5, 5.41) is 0. The first-order valence-corrected chi connectivity index (χ1v) is 10.2. The number of carbonyl (C=O) groups is 3. The fourth-order valence-corrected chi connectivity index (χ4v) is 3.97. The Morgan fingerprint density at radius 2 is 1.57 bits per heavy atom. The quantitative estimate of drug-likeness (QED) is 0.717. The summed E-state index contributed by atoms with van der Waals surface area (Å²) in [6.45, 7) is 4.99. The number of rotatable bonds is 5. The van der Waals surface area contributed by atoms with Crippen LogP contribution in [0.4, 0.5) is 0 Å². The van der Waals surface area contributed by atoms with Gasteiger partial charge in [-0.15, -0.1) is 0 Å². The van der Waals surface area contributed by atoms with Crippen molar-refractivity contribution in [2.24, 2.45) is 0 Å². The molecule has 0 saturated carbocycles. The van der Waals surface area contributed by atoms with E-state index in [4.69, 9.17) is 4.74 Å². The number of likely N-dealkylation sites (tertiary alicyclic amines) is 1. The molecule has 0 aliphatic carbocycles. The van der Waals surface area contributed by atoms with Gasteiger partial charge in [0.2, 0.25) is 6.10 Å². The number of hydrogen-bond donors (Lipinski definition) is 0. The van der Waals surface area contributed by atoms with Crippen LogP contribution in [-0.4, -0.2) is 47.2 Å². The molecule has 4 rings (SSSR count).